The molecule has 2 N–H and O–H groups in total. The van der Waals surface area contributed by atoms with Crippen molar-refractivity contribution < 1.29 is 0 Å². The smallest absolute Gasteiger partial charge is 0.00258 e. The van der Waals surface area contributed by atoms with Crippen molar-refractivity contribution in [1.82, 2.24) is 10.6 Å². The summed E-state index contributed by atoms with van der Waals surface area (Å²) in [6.45, 7) is 21.1. The second-order valence-electron chi connectivity index (χ2n) is 6.35. The lowest BCUT2D eigenvalue weighted by Gasteiger charge is -2.03. The molecule has 120 valence electrons. The van der Waals surface area contributed by atoms with Gasteiger partial charge in [0.25, 0.3) is 0 Å². The fourth-order valence-corrected chi connectivity index (χ4v) is 0.976. The molecule has 0 fully saturated rings. The summed E-state index contributed by atoms with van der Waals surface area (Å²) in [4.78, 5) is 0. The van der Waals surface area contributed by atoms with Crippen LogP contribution in [0.2, 0.25) is 0 Å². The highest BCUT2D eigenvalue weighted by Crippen LogP contribution is 1.93. The molecule has 0 aliphatic rings. The van der Waals surface area contributed by atoms with Gasteiger partial charge >= 0.3 is 0 Å². The second kappa shape index (κ2) is 20.2. The summed E-state index contributed by atoms with van der Waals surface area (Å²) in [5, 5.41) is 6.40. The maximum absolute atomic E-state index is 3.33. The molecule has 0 aromatic heterocycles. The van der Waals surface area contributed by atoms with Crippen molar-refractivity contribution in [2.45, 2.75) is 68.2 Å². The Morgan fingerprint density at radius 3 is 1.32 bits per heavy atom. The first-order valence-corrected chi connectivity index (χ1v) is 8.16. The highest BCUT2D eigenvalue weighted by atomic mass is 14.8. The van der Waals surface area contributed by atoms with Gasteiger partial charge < -0.3 is 10.6 Å². The lowest BCUT2D eigenvalue weighted by molar-refractivity contribution is 0.550. The fourth-order valence-electron chi connectivity index (χ4n) is 0.976. The monoisotopic (exact) mass is 274 g/mol. The second-order valence-corrected chi connectivity index (χ2v) is 6.35. The van der Waals surface area contributed by atoms with Crippen LogP contribution in [0.25, 0.3) is 0 Å². The zero-order chi connectivity index (χ0) is 15.7. The van der Waals surface area contributed by atoms with Gasteiger partial charge in [0.15, 0.2) is 0 Å². The molecule has 0 heterocycles. The maximum atomic E-state index is 3.33. The molecule has 0 amide bonds. The summed E-state index contributed by atoms with van der Waals surface area (Å²) >= 11 is 0. The Labute approximate surface area is 124 Å². The molecule has 0 aromatic carbocycles. The molecule has 0 aromatic rings. The minimum Gasteiger partial charge on any atom is -0.319 e. The summed E-state index contributed by atoms with van der Waals surface area (Å²) in [5.41, 5.74) is 0. The molecule has 0 unspecified atom stereocenters. The Bertz CT molecular complexity index is 131. The van der Waals surface area contributed by atoms with E-state index in [1.807, 2.05) is 7.05 Å². The molecule has 0 saturated heterocycles. The lowest BCUT2D eigenvalue weighted by Crippen LogP contribution is -2.19. The molecule has 0 bridgehead atoms. The molecular weight excluding hydrogens is 232 g/mol. The first-order chi connectivity index (χ1) is 8.81. The van der Waals surface area contributed by atoms with Crippen molar-refractivity contribution >= 4 is 0 Å². The topological polar surface area (TPSA) is 24.1 Å². The number of nitrogens with one attached hydrogen (secondary N) is 2. The Kier molecular flexibility index (Phi) is 25.5. The Hall–Kier alpha value is -0.0800. The summed E-state index contributed by atoms with van der Waals surface area (Å²) in [5.74, 6) is 2.46. The van der Waals surface area contributed by atoms with Crippen molar-refractivity contribution in [3.8, 4) is 0 Å². The standard InChI is InChI=1S/C7H17N.C5H13N.C5H12/c1-4-5-8-6-7(2)3;1-5(2)4-6-3;1-4-5(2)3/h7-8H,4-6H2,1-3H3;5-6H,4H2,1-3H3;5H,4H2,1-3H3. The molecule has 0 aliphatic carbocycles. The van der Waals surface area contributed by atoms with Crippen molar-refractivity contribution in [3.05, 3.63) is 0 Å². The van der Waals surface area contributed by atoms with Crippen LogP contribution in [0.1, 0.15) is 68.2 Å². The normalized spacial score (nSPS) is 10.1. The van der Waals surface area contributed by atoms with Crippen LogP contribution in [0.4, 0.5) is 0 Å². The summed E-state index contributed by atoms with van der Waals surface area (Å²) in [6.07, 6.45) is 2.55. The zero-order valence-corrected chi connectivity index (χ0v) is 15.3. The van der Waals surface area contributed by atoms with Gasteiger partial charge in [-0.25, -0.2) is 0 Å². The average molecular weight is 275 g/mol. The Balaban J connectivity index is -0.000000209. The highest BCUT2D eigenvalue weighted by molar-refractivity contribution is 4.48. The molecule has 19 heavy (non-hydrogen) atoms. The Morgan fingerprint density at radius 1 is 0.737 bits per heavy atom. The molecule has 0 aliphatic heterocycles. The van der Waals surface area contributed by atoms with E-state index in [0.29, 0.717) is 0 Å². The van der Waals surface area contributed by atoms with E-state index in [0.717, 1.165) is 37.4 Å². The number of hydrogen-bond acceptors (Lipinski definition) is 2. The molecular formula is C17H42N2. The van der Waals surface area contributed by atoms with Gasteiger partial charge in [0.05, 0.1) is 0 Å². The van der Waals surface area contributed by atoms with Gasteiger partial charge in [-0.15, -0.1) is 0 Å². The lowest BCUT2D eigenvalue weighted by atomic mass is 10.2. The summed E-state index contributed by atoms with van der Waals surface area (Å²) < 4.78 is 0. The van der Waals surface area contributed by atoms with Crippen LogP contribution in [0, 0.1) is 17.8 Å². The molecule has 2 nitrogen and oxygen atoms in total. The minimum absolute atomic E-state index is 0.787. The van der Waals surface area contributed by atoms with Gasteiger partial charge in [0.2, 0.25) is 0 Å². The summed E-state index contributed by atoms with van der Waals surface area (Å²) in [7, 11) is 1.97. The van der Waals surface area contributed by atoms with Gasteiger partial charge in [-0.05, 0) is 50.9 Å². The number of rotatable bonds is 7. The van der Waals surface area contributed by atoms with Gasteiger partial charge in [0.1, 0.15) is 0 Å². The van der Waals surface area contributed by atoms with Crippen LogP contribution >= 0.6 is 0 Å². The first kappa shape index (κ1) is 24.0. The molecule has 0 spiro atoms. The van der Waals surface area contributed by atoms with E-state index in [4.69, 9.17) is 0 Å². The Morgan fingerprint density at radius 2 is 1.16 bits per heavy atom. The van der Waals surface area contributed by atoms with Gasteiger partial charge in [-0.3, -0.25) is 0 Å². The van der Waals surface area contributed by atoms with E-state index in [2.05, 4.69) is 66.0 Å². The minimum atomic E-state index is 0.787. The molecule has 0 saturated carbocycles. The van der Waals surface area contributed by atoms with Gasteiger partial charge in [-0.2, -0.15) is 0 Å². The summed E-state index contributed by atoms with van der Waals surface area (Å²) in [6, 6.07) is 0. The number of hydrogen-bond donors (Lipinski definition) is 2. The van der Waals surface area contributed by atoms with Gasteiger partial charge in [-0.1, -0.05) is 61.8 Å². The van der Waals surface area contributed by atoms with Crippen molar-refractivity contribution in [2.75, 3.05) is 26.7 Å². The van der Waals surface area contributed by atoms with E-state index < -0.39 is 0 Å². The molecule has 0 rings (SSSR count). The van der Waals surface area contributed by atoms with Gasteiger partial charge in [0, 0.05) is 0 Å². The van der Waals surface area contributed by atoms with E-state index >= 15 is 0 Å². The third-order valence-corrected chi connectivity index (χ3v) is 2.41. The van der Waals surface area contributed by atoms with E-state index in [9.17, 15) is 0 Å². The first-order valence-electron chi connectivity index (χ1n) is 8.16. The van der Waals surface area contributed by atoms with Crippen LogP contribution in [0.15, 0.2) is 0 Å². The van der Waals surface area contributed by atoms with Crippen molar-refractivity contribution in [3.63, 3.8) is 0 Å². The van der Waals surface area contributed by atoms with Crippen LogP contribution in [-0.4, -0.2) is 26.7 Å². The third kappa shape index (κ3) is 46.2. The third-order valence-electron chi connectivity index (χ3n) is 2.41. The van der Waals surface area contributed by atoms with Crippen LogP contribution in [-0.2, 0) is 0 Å². The highest BCUT2D eigenvalue weighted by Gasteiger charge is 1.88. The van der Waals surface area contributed by atoms with Crippen LogP contribution < -0.4 is 10.6 Å². The zero-order valence-electron chi connectivity index (χ0n) is 15.3. The molecule has 0 atom stereocenters. The predicted molar refractivity (Wildman–Crippen MR) is 91.9 cm³/mol. The van der Waals surface area contributed by atoms with Crippen molar-refractivity contribution in [2.24, 2.45) is 17.8 Å². The van der Waals surface area contributed by atoms with Crippen LogP contribution in [0.5, 0.6) is 0 Å². The predicted octanol–water partition coefficient (Wildman–Crippen LogP) is 4.56. The van der Waals surface area contributed by atoms with E-state index in [1.165, 1.54) is 12.8 Å². The quantitative estimate of drug-likeness (QED) is 0.665. The van der Waals surface area contributed by atoms with E-state index in [-0.39, 0.29) is 0 Å². The SMILES string of the molecule is CCC(C)C.CCCNCC(C)C.CNCC(C)C. The average Bonchev–Trinajstić information content (AvgIpc) is 2.30. The van der Waals surface area contributed by atoms with Crippen LogP contribution in [0.3, 0.4) is 0 Å². The maximum Gasteiger partial charge on any atom is -0.00258 e. The fraction of sp³-hybridized carbons (Fsp3) is 1.00. The van der Waals surface area contributed by atoms with E-state index in [1.54, 1.807) is 0 Å². The van der Waals surface area contributed by atoms with Crippen molar-refractivity contribution in [1.29, 1.82) is 0 Å². The molecule has 2 heteroatoms. The molecule has 0 radical (unpaired) electrons. The largest absolute Gasteiger partial charge is 0.319 e.